The van der Waals surface area contributed by atoms with Crippen molar-refractivity contribution < 1.29 is 22.9 Å². The Kier molecular flexibility index (Phi) is 4.76. The first-order chi connectivity index (χ1) is 12.1. The van der Waals surface area contributed by atoms with Crippen molar-refractivity contribution in [2.24, 2.45) is 11.7 Å². The quantitative estimate of drug-likeness (QED) is 0.625. The largest absolute Gasteiger partial charge is 0.418 e. The van der Waals surface area contributed by atoms with Gasteiger partial charge in [-0.2, -0.15) is 13.2 Å². The molecular weight excluding hydrogens is 375 g/mol. The van der Waals surface area contributed by atoms with E-state index in [-0.39, 0.29) is 17.6 Å². The van der Waals surface area contributed by atoms with Crippen LogP contribution in [0.5, 0.6) is 0 Å². The Labute approximate surface area is 152 Å². The molecule has 2 fully saturated rings. The summed E-state index contributed by atoms with van der Waals surface area (Å²) in [6.07, 6.45) is -0.962. The first-order valence-electron chi connectivity index (χ1n) is 8.24. The number of nitro benzene ring substituents is 1. The van der Waals surface area contributed by atoms with Gasteiger partial charge in [0.2, 0.25) is 5.91 Å². The van der Waals surface area contributed by atoms with Crippen LogP contribution in [-0.4, -0.2) is 22.9 Å². The smallest absolute Gasteiger partial charge is 0.368 e. The summed E-state index contributed by atoms with van der Waals surface area (Å²) >= 11 is 5.79. The first kappa shape index (κ1) is 18.8. The van der Waals surface area contributed by atoms with E-state index < -0.39 is 39.3 Å². The minimum atomic E-state index is -4.82. The fourth-order valence-corrected chi connectivity index (χ4v) is 4.45. The summed E-state index contributed by atoms with van der Waals surface area (Å²) in [6.45, 7) is 0. The van der Waals surface area contributed by atoms with Crippen LogP contribution in [0.25, 0.3) is 0 Å². The molecule has 26 heavy (non-hydrogen) atoms. The minimum Gasteiger partial charge on any atom is -0.368 e. The van der Waals surface area contributed by atoms with Gasteiger partial charge < -0.3 is 10.6 Å². The number of nitrogens with two attached hydrogens (primary N) is 1. The van der Waals surface area contributed by atoms with Crippen molar-refractivity contribution in [2.45, 2.75) is 50.4 Å². The maximum atomic E-state index is 13.1. The van der Waals surface area contributed by atoms with E-state index in [1.165, 1.54) is 4.90 Å². The summed E-state index contributed by atoms with van der Waals surface area (Å²) in [6, 6.07) is 0.406. The highest BCUT2D eigenvalue weighted by atomic mass is 35.5. The van der Waals surface area contributed by atoms with Crippen LogP contribution in [0, 0.1) is 16.0 Å². The highest BCUT2D eigenvalue weighted by molar-refractivity contribution is 6.32. The van der Waals surface area contributed by atoms with E-state index in [1.54, 1.807) is 0 Å². The number of benzene rings is 1. The van der Waals surface area contributed by atoms with Crippen LogP contribution in [0.3, 0.4) is 0 Å². The summed E-state index contributed by atoms with van der Waals surface area (Å²) in [4.78, 5) is 24.0. The average molecular weight is 392 g/mol. The average Bonchev–Trinajstić information content (AvgIpc) is 2.92. The molecular formula is C16H17ClF3N3O3. The van der Waals surface area contributed by atoms with E-state index in [0.29, 0.717) is 18.9 Å². The lowest BCUT2D eigenvalue weighted by Gasteiger charge is -2.34. The molecule has 1 aromatic carbocycles. The van der Waals surface area contributed by atoms with E-state index in [0.717, 1.165) is 25.3 Å². The molecule has 1 aliphatic carbocycles. The zero-order chi connectivity index (χ0) is 19.2. The van der Waals surface area contributed by atoms with Crippen LogP contribution in [0.4, 0.5) is 24.5 Å². The van der Waals surface area contributed by atoms with Crippen molar-refractivity contribution in [3.8, 4) is 0 Å². The lowest BCUT2D eigenvalue weighted by atomic mass is 9.84. The Morgan fingerprint density at radius 1 is 1.31 bits per heavy atom. The molecule has 10 heteroatoms. The maximum Gasteiger partial charge on any atom is 0.418 e. The van der Waals surface area contributed by atoms with Crippen LogP contribution in [-0.2, 0) is 11.0 Å². The second kappa shape index (κ2) is 6.61. The van der Waals surface area contributed by atoms with Gasteiger partial charge in [0.25, 0.3) is 5.69 Å². The molecule has 0 radical (unpaired) electrons. The maximum absolute atomic E-state index is 13.1. The predicted octanol–water partition coefficient (Wildman–Crippen LogP) is 3.89. The number of halogens is 4. The third kappa shape index (κ3) is 3.20. The van der Waals surface area contributed by atoms with Crippen molar-refractivity contribution in [1.29, 1.82) is 0 Å². The zero-order valence-electron chi connectivity index (χ0n) is 13.6. The monoisotopic (exact) mass is 391 g/mol. The van der Waals surface area contributed by atoms with Crippen LogP contribution in [0.2, 0.25) is 5.02 Å². The molecule has 0 unspecified atom stereocenters. The Morgan fingerprint density at radius 3 is 2.54 bits per heavy atom. The van der Waals surface area contributed by atoms with E-state index >= 15 is 0 Å². The van der Waals surface area contributed by atoms with Crippen molar-refractivity contribution >= 4 is 28.9 Å². The lowest BCUT2D eigenvalue weighted by molar-refractivity contribution is -0.384. The summed E-state index contributed by atoms with van der Waals surface area (Å²) in [7, 11) is 0. The molecule has 3 atom stereocenters. The number of nitrogens with zero attached hydrogens (tertiary/aromatic N) is 2. The first-order valence-corrected chi connectivity index (χ1v) is 8.62. The molecule has 6 nitrogen and oxygen atoms in total. The normalized spacial score (nSPS) is 25.8. The van der Waals surface area contributed by atoms with Gasteiger partial charge >= 0.3 is 6.18 Å². The number of rotatable bonds is 3. The van der Waals surface area contributed by atoms with E-state index in [9.17, 15) is 28.1 Å². The second-order valence-electron chi connectivity index (χ2n) is 6.75. The van der Waals surface area contributed by atoms with E-state index in [1.807, 2.05) is 0 Å². The van der Waals surface area contributed by atoms with Gasteiger partial charge in [-0.1, -0.05) is 24.4 Å². The third-order valence-corrected chi connectivity index (χ3v) is 5.57. The minimum absolute atomic E-state index is 0.0776. The summed E-state index contributed by atoms with van der Waals surface area (Å²) in [5.74, 6) is -0.522. The van der Waals surface area contributed by atoms with Gasteiger partial charge in [-0.05, 0) is 31.2 Å². The fourth-order valence-electron chi connectivity index (χ4n) is 4.18. The van der Waals surface area contributed by atoms with Gasteiger partial charge in [0, 0.05) is 12.1 Å². The van der Waals surface area contributed by atoms with Gasteiger partial charge in [0.05, 0.1) is 15.5 Å². The van der Waals surface area contributed by atoms with Crippen molar-refractivity contribution in [2.75, 3.05) is 4.90 Å². The van der Waals surface area contributed by atoms with E-state index in [2.05, 4.69) is 0 Å². The topological polar surface area (TPSA) is 89.5 Å². The Bertz CT molecular complexity index is 756. The van der Waals surface area contributed by atoms with Crippen LogP contribution in [0.1, 0.15) is 37.7 Å². The number of anilines is 1. The number of fused-ring (bicyclic) bond motifs is 1. The van der Waals surface area contributed by atoms with Gasteiger partial charge in [-0.3, -0.25) is 14.9 Å². The SMILES string of the molecule is NC(=O)[C@@H]1C[C@H]2CCCC[C@H]2N1c1cc(Cl)c(C(F)(F)F)cc1[N+](=O)[O-]. The molecule has 0 aromatic heterocycles. The molecule has 1 heterocycles. The summed E-state index contributed by atoms with van der Waals surface area (Å²) in [5, 5.41) is 10.8. The van der Waals surface area contributed by atoms with Gasteiger partial charge in [-0.15, -0.1) is 0 Å². The van der Waals surface area contributed by atoms with Gasteiger partial charge in [0.15, 0.2) is 0 Å². The summed E-state index contributed by atoms with van der Waals surface area (Å²) < 4.78 is 39.2. The molecule has 1 aromatic rings. The van der Waals surface area contributed by atoms with Gasteiger partial charge in [0.1, 0.15) is 11.7 Å². The standard InChI is InChI=1S/C16H17ClF3N3O3/c17-10-7-12(13(23(25)26)6-9(10)16(18,19)20)22-11-4-2-1-3-8(11)5-14(22)15(21)24/h6-8,11,14H,1-5H2,(H2,21,24)/t8-,11-,14+/m1/s1. The van der Waals surface area contributed by atoms with Crippen molar-refractivity contribution in [1.82, 2.24) is 0 Å². The van der Waals surface area contributed by atoms with Crippen molar-refractivity contribution in [3.05, 3.63) is 32.8 Å². The molecule has 1 amide bonds. The number of nitro groups is 1. The highest BCUT2D eigenvalue weighted by Crippen LogP contribution is 2.47. The number of carbonyl (C=O) groups excluding carboxylic acids is 1. The third-order valence-electron chi connectivity index (χ3n) is 5.26. The van der Waals surface area contributed by atoms with Crippen molar-refractivity contribution in [3.63, 3.8) is 0 Å². The molecule has 1 saturated heterocycles. The van der Waals surface area contributed by atoms with Crippen LogP contribution < -0.4 is 10.6 Å². The molecule has 3 rings (SSSR count). The number of primary amides is 1. The molecule has 0 spiro atoms. The number of carbonyl (C=O) groups is 1. The second-order valence-corrected chi connectivity index (χ2v) is 7.16. The van der Waals surface area contributed by atoms with Crippen LogP contribution in [0.15, 0.2) is 12.1 Å². The lowest BCUT2D eigenvalue weighted by Crippen LogP contribution is -2.45. The van der Waals surface area contributed by atoms with E-state index in [4.69, 9.17) is 17.3 Å². The fraction of sp³-hybridized carbons (Fsp3) is 0.562. The van der Waals surface area contributed by atoms with Crippen LogP contribution >= 0.6 is 11.6 Å². The molecule has 0 bridgehead atoms. The zero-order valence-corrected chi connectivity index (χ0v) is 14.4. The number of amides is 1. The molecule has 142 valence electrons. The predicted molar refractivity (Wildman–Crippen MR) is 88.9 cm³/mol. The number of hydrogen-bond acceptors (Lipinski definition) is 4. The molecule has 1 saturated carbocycles. The molecule has 2 N–H and O–H groups in total. The number of alkyl halides is 3. The van der Waals surface area contributed by atoms with Gasteiger partial charge in [-0.25, -0.2) is 0 Å². The molecule has 2 aliphatic rings. The Balaban J connectivity index is 2.15. The molecule has 1 aliphatic heterocycles. The Hall–Kier alpha value is -2.03. The Morgan fingerprint density at radius 2 is 1.96 bits per heavy atom. The number of hydrogen-bond donors (Lipinski definition) is 1. The summed E-state index contributed by atoms with van der Waals surface area (Å²) in [5.41, 5.74) is 3.41. The highest BCUT2D eigenvalue weighted by Gasteiger charge is 2.47.